The van der Waals surface area contributed by atoms with Gasteiger partial charge in [0.2, 0.25) is 0 Å². The summed E-state index contributed by atoms with van der Waals surface area (Å²) in [5.74, 6) is -0.237. The number of halogens is 1. The maximum Gasteiger partial charge on any atom is 0.123 e. The SMILES string of the molecule is Cc1cc(N)ccc1Nc1ccc(F)cc1. The Morgan fingerprint density at radius 2 is 1.75 bits per heavy atom. The topological polar surface area (TPSA) is 38.0 Å². The number of rotatable bonds is 2. The fourth-order valence-corrected chi connectivity index (χ4v) is 1.52. The van der Waals surface area contributed by atoms with Gasteiger partial charge in [-0.3, -0.25) is 0 Å². The Kier molecular flexibility index (Phi) is 2.77. The molecule has 0 saturated heterocycles. The van der Waals surface area contributed by atoms with E-state index in [1.54, 1.807) is 12.1 Å². The molecule has 2 rings (SSSR count). The molecule has 2 aromatic carbocycles. The predicted octanol–water partition coefficient (Wildman–Crippen LogP) is 3.46. The quantitative estimate of drug-likeness (QED) is 0.754. The molecular weight excluding hydrogens is 203 g/mol. The highest BCUT2D eigenvalue weighted by Crippen LogP contribution is 2.22. The van der Waals surface area contributed by atoms with Crippen LogP contribution in [0.25, 0.3) is 0 Å². The lowest BCUT2D eigenvalue weighted by molar-refractivity contribution is 0.628. The van der Waals surface area contributed by atoms with Crippen molar-refractivity contribution in [2.75, 3.05) is 11.1 Å². The van der Waals surface area contributed by atoms with E-state index in [4.69, 9.17) is 5.73 Å². The summed E-state index contributed by atoms with van der Waals surface area (Å²) < 4.78 is 12.7. The summed E-state index contributed by atoms with van der Waals surface area (Å²) in [6, 6.07) is 11.9. The molecule has 0 unspecified atom stereocenters. The van der Waals surface area contributed by atoms with E-state index in [0.29, 0.717) is 0 Å². The average Bonchev–Trinajstić information content (AvgIpc) is 2.25. The van der Waals surface area contributed by atoms with Crippen molar-refractivity contribution >= 4 is 17.1 Å². The van der Waals surface area contributed by atoms with E-state index in [9.17, 15) is 4.39 Å². The fraction of sp³-hybridized carbons (Fsp3) is 0.0769. The number of aryl methyl sites for hydroxylation is 1. The molecule has 0 bridgehead atoms. The first-order valence-corrected chi connectivity index (χ1v) is 5.04. The van der Waals surface area contributed by atoms with Crippen molar-refractivity contribution in [2.24, 2.45) is 0 Å². The van der Waals surface area contributed by atoms with E-state index in [-0.39, 0.29) is 5.82 Å². The number of anilines is 3. The minimum Gasteiger partial charge on any atom is -0.399 e. The summed E-state index contributed by atoms with van der Waals surface area (Å²) in [5, 5.41) is 3.20. The highest BCUT2D eigenvalue weighted by molar-refractivity contribution is 5.65. The molecule has 0 fully saturated rings. The monoisotopic (exact) mass is 216 g/mol. The van der Waals surface area contributed by atoms with Crippen LogP contribution in [0.5, 0.6) is 0 Å². The number of nitrogens with one attached hydrogen (secondary N) is 1. The standard InChI is InChI=1S/C13H13FN2/c1-9-8-11(15)4-7-13(9)16-12-5-2-10(14)3-6-12/h2-8,16H,15H2,1H3. The van der Waals surface area contributed by atoms with Crippen LogP contribution in [-0.2, 0) is 0 Å². The van der Waals surface area contributed by atoms with Crippen LogP contribution >= 0.6 is 0 Å². The van der Waals surface area contributed by atoms with Crippen LogP contribution in [0.15, 0.2) is 42.5 Å². The molecule has 2 aromatic rings. The number of nitrogens with two attached hydrogens (primary N) is 1. The van der Waals surface area contributed by atoms with Crippen molar-refractivity contribution in [3.8, 4) is 0 Å². The Morgan fingerprint density at radius 1 is 1.06 bits per heavy atom. The lowest BCUT2D eigenvalue weighted by Crippen LogP contribution is -1.94. The van der Waals surface area contributed by atoms with Crippen LogP contribution in [0.2, 0.25) is 0 Å². The third kappa shape index (κ3) is 2.31. The molecule has 0 aromatic heterocycles. The van der Waals surface area contributed by atoms with Crippen LogP contribution in [0.1, 0.15) is 5.56 Å². The molecule has 0 heterocycles. The minimum atomic E-state index is -0.237. The highest BCUT2D eigenvalue weighted by Gasteiger charge is 1.99. The van der Waals surface area contributed by atoms with Gasteiger partial charge in [0.15, 0.2) is 0 Å². The van der Waals surface area contributed by atoms with Crippen molar-refractivity contribution in [3.05, 3.63) is 53.8 Å². The van der Waals surface area contributed by atoms with Crippen LogP contribution in [0.3, 0.4) is 0 Å². The largest absolute Gasteiger partial charge is 0.399 e. The number of hydrogen-bond acceptors (Lipinski definition) is 2. The van der Waals surface area contributed by atoms with Crippen LogP contribution < -0.4 is 11.1 Å². The maximum atomic E-state index is 12.7. The van der Waals surface area contributed by atoms with Gasteiger partial charge in [-0.05, 0) is 55.0 Å². The molecule has 0 aliphatic carbocycles. The lowest BCUT2D eigenvalue weighted by atomic mass is 10.1. The smallest absolute Gasteiger partial charge is 0.123 e. The van der Waals surface area contributed by atoms with Crippen LogP contribution in [0, 0.1) is 12.7 Å². The van der Waals surface area contributed by atoms with Gasteiger partial charge in [0.25, 0.3) is 0 Å². The number of benzene rings is 2. The molecule has 0 aliphatic rings. The van der Waals surface area contributed by atoms with Gasteiger partial charge in [0, 0.05) is 17.1 Å². The van der Waals surface area contributed by atoms with E-state index >= 15 is 0 Å². The second-order valence-electron chi connectivity index (χ2n) is 3.71. The first-order valence-electron chi connectivity index (χ1n) is 5.04. The summed E-state index contributed by atoms with van der Waals surface area (Å²) >= 11 is 0. The molecule has 2 nitrogen and oxygen atoms in total. The molecule has 0 atom stereocenters. The van der Waals surface area contributed by atoms with Gasteiger partial charge >= 0.3 is 0 Å². The first-order chi connectivity index (χ1) is 7.65. The van der Waals surface area contributed by atoms with Gasteiger partial charge in [0.05, 0.1) is 0 Å². The summed E-state index contributed by atoms with van der Waals surface area (Å²) in [6.07, 6.45) is 0. The molecule has 82 valence electrons. The van der Waals surface area contributed by atoms with E-state index < -0.39 is 0 Å². The predicted molar refractivity (Wildman–Crippen MR) is 65.3 cm³/mol. The zero-order valence-corrected chi connectivity index (χ0v) is 9.00. The van der Waals surface area contributed by atoms with E-state index in [1.807, 2.05) is 25.1 Å². The molecule has 0 radical (unpaired) electrons. The van der Waals surface area contributed by atoms with Crippen molar-refractivity contribution < 1.29 is 4.39 Å². The van der Waals surface area contributed by atoms with Gasteiger partial charge in [-0.1, -0.05) is 0 Å². The molecule has 3 N–H and O–H groups in total. The van der Waals surface area contributed by atoms with Crippen molar-refractivity contribution in [1.29, 1.82) is 0 Å². The summed E-state index contributed by atoms with van der Waals surface area (Å²) in [4.78, 5) is 0. The van der Waals surface area contributed by atoms with E-state index in [0.717, 1.165) is 22.6 Å². The Bertz CT molecular complexity index is 492. The van der Waals surface area contributed by atoms with Gasteiger partial charge in [-0.15, -0.1) is 0 Å². The van der Waals surface area contributed by atoms with Crippen LogP contribution in [-0.4, -0.2) is 0 Å². The van der Waals surface area contributed by atoms with Gasteiger partial charge < -0.3 is 11.1 Å². The number of hydrogen-bond donors (Lipinski definition) is 2. The highest BCUT2D eigenvalue weighted by atomic mass is 19.1. The Balaban J connectivity index is 2.23. The third-order valence-corrected chi connectivity index (χ3v) is 2.37. The van der Waals surface area contributed by atoms with Gasteiger partial charge in [-0.2, -0.15) is 0 Å². The summed E-state index contributed by atoms with van der Waals surface area (Å²) in [6.45, 7) is 1.97. The third-order valence-electron chi connectivity index (χ3n) is 2.37. The molecular formula is C13H13FN2. The van der Waals surface area contributed by atoms with E-state index in [1.165, 1.54) is 12.1 Å². The second-order valence-corrected chi connectivity index (χ2v) is 3.71. The number of nitrogen functional groups attached to an aromatic ring is 1. The molecule has 0 amide bonds. The maximum absolute atomic E-state index is 12.7. The van der Waals surface area contributed by atoms with Gasteiger partial charge in [-0.25, -0.2) is 4.39 Å². The second kappa shape index (κ2) is 4.23. The molecule has 0 spiro atoms. The van der Waals surface area contributed by atoms with Crippen molar-refractivity contribution in [1.82, 2.24) is 0 Å². The Hall–Kier alpha value is -2.03. The molecule has 0 aliphatic heterocycles. The molecule has 16 heavy (non-hydrogen) atoms. The summed E-state index contributed by atoms with van der Waals surface area (Å²) in [7, 11) is 0. The zero-order valence-electron chi connectivity index (χ0n) is 9.00. The first kappa shape index (κ1) is 10.5. The van der Waals surface area contributed by atoms with Crippen molar-refractivity contribution in [3.63, 3.8) is 0 Å². The molecule has 0 saturated carbocycles. The Labute approximate surface area is 93.9 Å². The zero-order chi connectivity index (χ0) is 11.5. The van der Waals surface area contributed by atoms with Crippen LogP contribution in [0.4, 0.5) is 21.5 Å². The summed E-state index contributed by atoms with van der Waals surface area (Å²) in [5.41, 5.74) is 9.29. The molecule has 3 heteroatoms. The minimum absolute atomic E-state index is 0.237. The average molecular weight is 216 g/mol. The normalized spacial score (nSPS) is 10.1. The van der Waals surface area contributed by atoms with E-state index in [2.05, 4.69) is 5.32 Å². The van der Waals surface area contributed by atoms with Gasteiger partial charge in [0.1, 0.15) is 5.82 Å². The fourth-order valence-electron chi connectivity index (χ4n) is 1.52. The van der Waals surface area contributed by atoms with Crippen molar-refractivity contribution in [2.45, 2.75) is 6.92 Å². The lowest BCUT2D eigenvalue weighted by Gasteiger charge is -2.09. The Morgan fingerprint density at radius 3 is 2.38 bits per heavy atom.